The highest BCUT2D eigenvalue weighted by Crippen LogP contribution is 2.40. The summed E-state index contributed by atoms with van der Waals surface area (Å²) in [6.45, 7) is 12.0. The zero-order valence-electron chi connectivity index (χ0n) is 36.0. The van der Waals surface area contributed by atoms with Crippen LogP contribution in [0.5, 0.6) is 11.5 Å². The molecule has 0 saturated carbocycles. The van der Waals surface area contributed by atoms with Gasteiger partial charge < -0.3 is 14.5 Å². The molecule has 0 spiro atoms. The Labute approximate surface area is 364 Å². The van der Waals surface area contributed by atoms with Crippen molar-refractivity contribution in [2.45, 2.75) is 45.4 Å². The SMILES string of the molecule is CC(C)(C)c1ccnc(-n2c3ccc(-c4ccccc4)cc3c3ccc(Oc4cc(-c5ccccc5)cc(N5C=CN(c6cccc(C(C)(C)c7ccccc7)c6)C5)c4)cc32)c1. The summed E-state index contributed by atoms with van der Waals surface area (Å²) in [5, 5.41) is 2.31. The maximum absolute atomic E-state index is 6.92. The quantitative estimate of drug-likeness (QED) is 0.145. The van der Waals surface area contributed by atoms with E-state index in [1.807, 2.05) is 6.20 Å². The van der Waals surface area contributed by atoms with Crippen LogP contribution in [0.3, 0.4) is 0 Å². The molecule has 0 N–H and O–H groups in total. The molecule has 7 aromatic carbocycles. The Balaban J connectivity index is 1.02. The number of aromatic nitrogens is 2. The predicted octanol–water partition coefficient (Wildman–Crippen LogP) is 14.7. The van der Waals surface area contributed by atoms with E-state index in [-0.39, 0.29) is 10.8 Å². The molecule has 1 aliphatic heterocycles. The number of anilines is 2. The summed E-state index contributed by atoms with van der Waals surface area (Å²) in [5.74, 6) is 2.40. The third-order valence-electron chi connectivity index (χ3n) is 12.4. The summed E-state index contributed by atoms with van der Waals surface area (Å²) >= 11 is 0. The van der Waals surface area contributed by atoms with E-state index in [2.05, 4.69) is 243 Å². The number of rotatable bonds is 9. The molecule has 0 radical (unpaired) electrons. The van der Waals surface area contributed by atoms with E-state index in [0.29, 0.717) is 6.67 Å². The van der Waals surface area contributed by atoms with Crippen molar-refractivity contribution in [1.29, 1.82) is 0 Å². The first-order valence-corrected chi connectivity index (χ1v) is 21.5. The molecule has 0 saturated heterocycles. The molecule has 304 valence electrons. The summed E-state index contributed by atoms with van der Waals surface area (Å²) in [6.07, 6.45) is 6.26. The fraction of sp³-hybridized carbons (Fsp3) is 0.140. The van der Waals surface area contributed by atoms with Crippen LogP contribution in [0.2, 0.25) is 0 Å². The normalized spacial score (nSPS) is 13.0. The predicted molar refractivity (Wildman–Crippen MR) is 259 cm³/mol. The van der Waals surface area contributed by atoms with Gasteiger partial charge in [0.2, 0.25) is 0 Å². The molecule has 62 heavy (non-hydrogen) atoms. The highest BCUT2D eigenvalue weighted by atomic mass is 16.5. The van der Waals surface area contributed by atoms with Crippen molar-refractivity contribution in [3.8, 4) is 39.6 Å². The number of hydrogen-bond donors (Lipinski definition) is 0. The molecule has 0 unspecified atom stereocenters. The Morgan fingerprint density at radius 3 is 1.85 bits per heavy atom. The van der Waals surface area contributed by atoms with Crippen molar-refractivity contribution in [3.63, 3.8) is 0 Å². The summed E-state index contributed by atoms with van der Waals surface area (Å²) in [7, 11) is 0. The Hall–Kier alpha value is -7.37. The molecule has 9 aromatic rings. The maximum atomic E-state index is 6.92. The third kappa shape index (κ3) is 7.41. The lowest BCUT2D eigenvalue weighted by Gasteiger charge is -2.28. The minimum Gasteiger partial charge on any atom is -0.457 e. The summed E-state index contributed by atoms with van der Waals surface area (Å²) in [5.41, 5.74) is 12.6. The zero-order valence-corrected chi connectivity index (χ0v) is 36.0. The second-order valence-electron chi connectivity index (χ2n) is 17.9. The fourth-order valence-electron chi connectivity index (χ4n) is 8.72. The van der Waals surface area contributed by atoms with Crippen LogP contribution in [-0.2, 0) is 10.8 Å². The Bertz CT molecular complexity index is 3090. The number of fused-ring (bicyclic) bond motifs is 3. The van der Waals surface area contributed by atoms with Crippen LogP contribution >= 0.6 is 0 Å². The van der Waals surface area contributed by atoms with E-state index in [9.17, 15) is 0 Å². The maximum Gasteiger partial charge on any atom is 0.137 e. The van der Waals surface area contributed by atoms with Gasteiger partial charge in [-0.3, -0.25) is 4.57 Å². The molecule has 0 amide bonds. The van der Waals surface area contributed by atoms with Gasteiger partial charge in [0.05, 0.1) is 17.7 Å². The minimum absolute atomic E-state index is 0.0302. The van der Waals surface area contributed by atoms with E-state index in [4.69, 9.17) is 9.72 Å². The standard InChI is InChI=1S/C57H50N4O/c1-56(2,3)45-28-29-58-55(36-45)61-53-27-24-42(40-16-9-6-10-17-40)34-52(53)51-26-25-49(38-54(51)61)62-50-33-43(41-18-11-7-12-19-41)32-48(37-50)60-31-30-59(39-60)47-23-15-22-46(35-47)57(4,5)44-20-13-8-14-21-44/h6-38H,39H2,1-5H3. The molecule has 0 fully saturated rings. The van der Waals surface area contributed by atoms with E-state index < -0.39 is 0 Å². The molecule has 2 aromatic heterocycles. The van der Waals surface area contributed by atoms with Crippen LogP contribution in [0.25, 0.3) is 49.9 Å². The second-order valence-corrected chi connectivity index (χ2v) is 17.9. The lowest BCUT2D eigenvalue weighted by molar-refractivity contribution is 0.483. The van der Waals surface area contributed by atoms with Crippen molar-refractivity contribution >= 4 is 33.2 Å². The third-order valence-corrected chi connectivity index (χ3v) is 12.4. The lowest BCUT2D eigenvalue weighted by Crippen LogP contribution is -2.25. The number of ether oxygens (including phenoxy) is 1. The van der Waals surface area contributed by atoms with Crippen LogP contribution in [0.4, 0.5) is 11.4 Å². The van der Waals surface area contributed by atoms with Gasteiger partial charge in [0.15, 0.2) is 0 Å². The molecule has 0 atom stereocenters. The van der Waals surface area contributed by atoms with Gasteiger partial charge >= 0.3 is 0 Å². The minimum atomic E-state index is -0.133. The van der Waals surface area contributed by atoms with Gasteiger partial charge in [0.1, 0.15) is 17.3 Å². The molecule has 0 aliphatic carbocycles. The summed E-state index contributed by atoms with van der Waals surface area (Å²) in [6, 6.07) is 64.9. The Kier molecular flexibility index (Phi) is 9.76. The van der Waals surface area contributed by atoms with Gasteiger partial charge in [0.25, 0.3) is 0 Å². The van der Waals surface area contributed by atoms with Crippen LogP contribution < -0.4 is 14.5 Å². The van der Waals surface area contributed by atoms with Crippen LogP contribution in [0.1, 0.15) is 51.3 Å². The van der Waals surface area contributed by atoms with Crippen molar-refractivity contribution in [1.82, 2.24) is 9.55 Å². The second kappa shape index (κ2) is 15.6. The molecular formula is C57H50N4O. The number of pyridine rings is 1. The first kappa shape index (κ1) is 38.8. The monoisotopic (exact) mass is 806 g/mol. The van der Waals surface area contributed by atoms with Gasteiger partial charge in [0, 0.05) is 58.3 Å². The highest BCUT2D eigenvalue weighted by Gasteiger charge is 2.25. The number of nitrogens with zero attached hydrogens (tertiary/aromatic N) is 4. The van der Waals surface area contributed by atoms with Crippen molar-refractivity contribution < 1.29 is 4.74 Å². The average Bonchev–Trinajstić information content (AvgIpc) is 3.93. The van der Waals surface area contributed by atoms with Crippen LogP contribution in [0, 0.1) is 0 Å². The van der Waals surface area contributed by atoms with Gasteiger partial charge in [-0.15, -0.1) is 0 Å². The average molecular weight is 807 g/mol. The number of hydrogen-bond acceptors (Lipinski definition) is 4. The fourth-order valence-corrected chi connectivity index (χ4v) is 8.72. The topological polar surface area (TPSA) is 33.5 Å². The molecule has 0 bridgehead atoms. The van der Waals surface area contributed by atoms with Crippen molar-refractivity contribution in [3.05, 3.63) is 217 Å². The summed E-state index contributed by atoms with van der Waals surface area (Å²) in [4.78, 5) is 9.55. The van der Waals surface area contributed by atoms with E-state index in [0.717, 1.165) is 56.2 Å². The van der Waals surface area contributed by atoms with Gasteiger partial charge in [-0.1, -0.05) is 144 Å². The zero-order chi connectivity index (χ0) is 42.4. The molecule has 3 heterocycles. The molecular weight excluding hydrogens is 757 g/mol. The lowest BCUT2D eigenvalue weighted by atomic mass is 9.78. The van der Waals surface area contributed by atoms with Gasteiger partial charge in [-0.25, -0.2) is 4.98 Å². The Morgan fingerprint density at radius 1 is 0.452 bits per heavy atom. The molecule has 1 aliphatic rings. The van der Waals surface area contributed by atoms with E-state index in [1.165, 1.54) is 33.2 Å². The first-order valence-electron chi connectivity index (χ1n) is 21.5. The van der Waals surface area contributed by atoms with E-state index in [1.54, 1.807) is 0 Å². The van der Waals surface area contributed by atoms with Crippen molar-refractivity contribution in [2.75, 3.05) is 16.5 Å². The first-order chi connectivity index (χ1) is 30.1. The van der Waals surface area contributed by atoms with E-state index >= 15 is 0 Å². The highest BCUT2D eigenvalue weighted by molar-refractivity contribution is 6.10. The van der Waals surface area contributed by atoms with Gasteiger partial charge in [-0.2, -0.15) is 0 Å². The van der Waals surface area contributed by atoms with Crippen LogP contribution in [0.15, 0.2) is 201 Å². The molecule has 10 rings (SSSR count). The number of benzene rings is 7. The van der Waals surface area contributed by atoms with Crippen molar-refractivity contribution in [2.24, 2.45) is 0 Å². The summed E-state index contributed by atoms with van der Waals surface area (Å²) < 4.78 is 9.20. The smallest absolute Gasteiger partial charge is 0.137 e. The molecule has 5 nitrogen and oxygen atoms in total. The van der Waals surface area contributed by atoms with Crippen LogP contribution in [-0.4, -0.2) is 16.2 Å². The van der Waals surface area contributed by atoms with Gasteiger partial charge in [-0.05, 0) is 105 Å². The largest absolute Gasteiger partial charge is 0.457 e. The molecule has 5 heteroatoms. The Morgan fingerprint density at radius 2 is 1.13 bits per heavy atom.